The molecule has 0 unspecified atom stereocenters. The van der Waals surface area contributed by atoms with Gasteiger partial charge in [0.1, 0.15) is 0 Å². The van der Waals surface area contributed by atoms with E-state index in [0.717, 1.165) is 10.2 Å². The highest BCUT2D eigenvalue weighted by atomic mass is 32.2. The summed E-state index contributed by atoms with van der Waals surface area (Å²) >= 11 is 1.22. The van der Waals surface area contributed by atoms with Gasteiger partial charge in [-0.3, -0.25) is 9.10 Å². The number of fused-ring (bicyclic) bond motifs is 1. The molecule has 194 valence electrons. The minimum absolute atomic E-state index is 0.0653. The Morgan fingerprint density at radius 1 is 1.03 bits per heavy atom. The van der Waals surface area contributed by atoms with Crippen molar-refractivity contribution in [1.82, 2.24) is 4.57 Å². The van der Waals surface area contributed by atoms with E-state index in [1.165, 1.54) is 39.9 Å². The quantitative estimate of drug-likeness (QED) is 0.240. The molecular weight excluding hydrogens is 522 g/mol. The smallest absolute Gasteiger partial charge is 0.338 e. The number of rotatable bonds is 8. The van der Waals surface area contributed by atoms with Crippen molar-refractivity contribution in [2.45, 2.75) is 25.3 Å². The lowest BCUT2D eigenvalue weighted by Gasteiger charge is -2.22. The zero-order chi connectivity index (χ0) is 27.3. The zero-order valence-electron chi connectivity index (χ0n) is 20.8. The van der Waals surface area contributed by atoms with Crippen LogP contribution in [-0.4, -0.2) is 38.0 Å². The van der Waals surface area contributed by atoms with E-state index in [0.29, 0.717) is 16.1 Å². The van der Waals surface area contributed by atoms with Crippen LogP contribution >= 0.6 is 11.3 Å². The third-order valence-corrected chi connectivity index (χ3v) is 8.62. The van der Waals surface area contributed by atoms with Crippen LogP contribution in [0.1, 0.15) is 34.6 Å². The van der Waals surface area contributed by atoms with Gasteiger partial charge >= 0.3 is 5.97 Å². The molecule has 1 amide bonds. The van der Waals surface area contributed by atoms with Crippen LogP contribution in [0.3, 0.4) is 0 Å². The number of terminal acetylenes is 1. The number of nitrogens with zero attached hydrogens (tertiary/aromatic N) is 3. The summed E-state index contributed by atoms with van der Waals surface area (Å²) in [5.41, 5.74) is 1.90. The molecular formula is C28H25N3O5S2. The molecule has 0 N–H and O–H groups in total. The van der Waals surface area contributed by atoms with Crippen LogP contribution in [0.4, 0.5) is 5.69 Å². The number of esters is 1. The lowest BCUT2D eigenvalue weighted by atomic mass is 10.2. The number of ether oxygens (including phenoxy) is 1. The van der Waals surface area contributed by atoms with Crippen molar-refractivity contribution in [3.63, 3.8) is 0 Å². The van der Waals surface area contributed by atoms with Crippen molar-refractivity contribution in [3.05, 3.63) is 88.7 Å². The molecule has 38 heavy (non-hydrogen) atoms. The monoisotopic (exact) mass is 547 g/mol. The number of para-hydroxylation sites is 1. The second kappa shape index (κ2) is 11.5. The van der Waals surface area contributed by atoms with Gasteiger partial charge in [-0.2, -0.15) is 4.99 Å². The maximum atomic E-state index is 13.2. The third-order valence-electron chi connectivity index (χ3n) is 5.66. The highest BCUT2D eigenvalue weighted by Crippen LogP contribution is 2.24. The molecule has 0 atom stereocenters. The maximum absolute atomic E-state index is 13.2. The Kier molecular flexibility index (Phi) is 8.10. The minimum Gasteiger partial charge on any atom is -0.462 e. The Labute approximate surface area is 224 Å². The Balaban J connectivity index is 1.67. The molecule has 0 spiro atoms. The molecule has 8 nitrogen and oxygen atoms in total. The fourth-order valence-electron chi connectivity index (χ4n) is 3.88. The molecule has 0 bridgehead atoms. The molecule has 0 saturated heterocycles. The van der Waals surface area contributed by atoms with Gasteiger partial charge in [0.2, 0.25) is 0 Å². The first-order valence-electron chi connectivity index (χ1n) is 11.8. The summed E-state index contributed by atoms with van der Waals surface area (Å²) in [6.07, 6.45) is 5.55. The predicted octanol–water partition coefficient (Wildman–Crippen LogP) is 4.47. The standard InChI is InChI=1S/C28H25N3O5S2/c1-4-18-30-24-17-14-21(27(33)36-6-3)19-25(24)37-28(30)29-26(32)20-12-15-23(16-13-20)38(34,35)31(5-2)22-10-8-7-9-11-22/h1,7-17,19H,5-6,18H2,2-3H3. The van der Waals surface area contributed by atoms with E-state index in [1.807, 2.05) is 6.07 Å². The molecule has 0 aliphatic carbocycles. The van der Waals surface area contributed by atoms with E-state index >= 15 is 0 Å². The van der Waals surface area contributed by atoms with Crippen LogP contribution in [0.2, 0.25) is 0 Å². The molecule has 4 rings (SSSR count). The summed E-state index contributed by atoms with van der Waals surface area (Å²) in [5.74, 6) is 1.57. The molecule has 0 saturated carbocycles. The molecule has 1 heterocycles. The van der Waals surface area contributed by atoms with E-state index in [4.69, 9.17) is 11.2 Å². The molecule has 0 fully saturated rings. The number of thiazole rings is 1. The molecule has 0 radical (unpaired) electrons. The zero-order valence-corrected chi connectivity index (χ0v) is 22.5. The van der Waals surface area contributed by atoms with Gasteiger partial charge in [-0.1, -0.05) is 35.5 Å². The highest BCUT2D eigenvalue weighted by Gasteiger charge is 2.23. The number of sulfonamides is 1. The lowest BCUT2D eigenvalue weighted by Crippen LogP contribution is -2.30. The summed E-state index contributed by atoms with van der Waals surface area (Å²) in [6.45, 7) is 4.18. The second-order valence-corrected chi connectivity index (χ2v) is 10.9. The number of carbonyl (C=O) groups is 2. The number of carbonyl (C=O) groups excluding carboxylic acids is 2. The van der Waals surface area contributed by atoms with Gasteiger partial charge in [-0.05, 0) is 68.4 Å². The molecule has 3 aromatic carbocycles. The summed E-state index contributed by atoms with van der Waals surface area (Å²) in [6, 6.07) is 19.6. The number of aromatic nitrogens is 1. The SMILES string of the molecule is C#CCn1c(=NC(=O)c2ccc(S(=O)(=O)N(CC)c3ccccc3)cc2)sc2cc(C(=O)OCC)ccc21. The Morgan fingerprint density at radius 3 is 2.34 bits per heavy atom. The van der Waals surface area contributed by atoms with E-state index in [1.54, 1.807) is 60.9 Å². The Hall–Kier alpha value is -4.20. The number of hydrogen-bond acceptors (Lipinski definition) is 6. The van der Waals surface area contributed by atoms with Gasteiger partial charge in [0.25, 0.3) is 15.9 Å². The second-order valence-electron chi connectivity index (χ2n) is 8.02. The first-order valence-corrected chi connectivity index (χ1v) is 14.1. The fourth-order valence-corrected chi connectivity index (χ4v) is 6.42. The fraction of sp³-hybridized carbons (Fsp3) is 0.179. The summed E-state index contributed by atoms with van der Waals surface area (Å²) in [7, 11) is -3.82. The van der Waals surface area contributed by atoms with Gasteiger partial charge < -0.3 is 9.30 Å². The Morgan fingerprint density at radius 2 is 1.71 bits per heavy atom. The summed E-state index contributed by atoms with van der Waals surface area (Å²) < 4.78 is 35.3. The van der Waals surface area contributed by atoms with Crippen LogP contribution in [0.25, 0.3) is 10.2 Å². The normalized spacial score (nSPS) is 11.8. The van der Waals surface area contributed by atoms with E-state index in [-0.39, 0.29) is 30.2 Å². The van der Waals surface area contributed by atoms with Gasteiger partial charge in [0.05, 0.1) is 39.5 Å². The highest BCUT2D eigenvalue weighted by molar-refractivity contribution is 7.92. The molecule has 0 aliphatic rings. The first-order chi connectivity index (χ1) is 18.3. The largest absolute Gasteiger partial charge is 0.462 e. The number of anilines is 1. The predicted molar refractivity (Wildman–Crippen MR) is 148 cm³/mol. The third kappa shape index (κ3) is 5.39. The van der Waals surface area contributed by atoms with Crippen LogP contribution < -0.4 is 9.11 Å². The molecule has 0 aliphatic heterocycles. The number of benzene rings is 3. The average Bonchev–Trinajstić information content (AvgIpc) is 3.26. The van der Waals surface area contributed by atoms with Crippen LogP contribution in [0.5, 0.6) is 0 Å². The van der Waals surface area contributed by atoms with Crippen LogP contribution in [0.15, 0.2) is 82.7 Å². The summed E-state index contributed by atoms with van der Waals surface area (Å²) in [4.78, 5) is 29.8. The van der Waals surface area contributed by atoms with Crippen LogP contribution in [0, 0.1) is 12.3 Å². The van der Waals surface area contributed by atoms with Gasteiger partial charge in [0, 0.05) is 12.1 Å². The van der Waals surface area contributed by atoms with Crippen molar-refractivity contribution in [3.8, 4) is 12.3 Å². The first kappa shape index (κ1) is 26.9. The van der Waals surface area contributed by atoms with Gasteiger partial charge in [0.15, 0.2) is 4.80 Å². The maximum Gasteiger partial charge on any atom is 0.338 e. The van der Waals surface area contributed by atoms with Crippen molar-refractivity contribution in [2.75, 3.05) is 17.5 Å². The number of amides is 1. The molecule has 1 aromatic heterocycles. The topological polar surface area (TPSA) is 98.0 Å². The minimum atomic E-state index is -3.82. The van der Waals surface area contributed by atoms with E-state index in [2.05, 4.69) is 10.9 Å². The molecule has 4 aromatic rings. The molecule has 10 heteroatoms. The van der Waals surface area contributed by atoms with Crippen LogP contribution in [-0.2, 0) is 21.3 Å². The number of hydrogen-bond donors (Lipinski definition) is 0. The van der Waals surface area contributed by atoms with E-state index in [9.17, 15) is 18.0 Å². The summed E-state index contributed by atoms with van der Waals surface area (Å²) in [5, 5.41) is 0. The van der Waals surface area contributed by atoms with Crippen molar-refractivity contribution in [1.29, 1.82) is 0 Å². The van der Waals surface area contributed by atoms with E-state index < -0.39 is 21.9 Å². The van der Waals surface area contributed by atoms with Crippen molar-refractivity contribution >= 4 is 49.1 Å². The van der Waals surface area contributed by atoms with Gasteiger partial charge in [-0.25, -0.2) is 13.2 Å². The van der Waals surface area contributed by atoms with Crippen molar-refractivity contribution in [2.24, 2.45) is 4.99 Å². The lowest BCUT2D eigenvalue weighted by molar-refractivity contribution is 0.0526. The average molecular weight is 548 g/mol. The Bertz CT molecular complexity index is 1700. The van der Waals surface area contributed by atoms with Gasteiger partial charge in [-0.15, -0.1) is 6.42 Å². The van der Waals surface area contributed by atoms with Crippen molar-refractivity contribution < 1.29 is 22.7 Å².